The fraction of sp³-hybridized carbons (Fsp3) is 0.438. The number of hydrogen-bond acceptors (Lipinski definition) is 4. The van der Waals surface area contributed by atoms with E-state index in [4.69, 9.17) is 9.26 Å². The van der Waals surface area contributed by atoms with E-state index in [1.54, 1.807) is 7.11 Å². The highest BCUT2D eigenvalue weighted by molar-refractivity contribution is 5.62. The highest BCUT2D eigenvalue weighted by Crippen LogP contribution is 2.27. The van der Waals surface area contributed by atoms with E-state index in [0.717, 1.165) is 28.3 Å². The van der Waals surface area contributed by atoms with Crippen molar-refractivity contribution < 1.29 is 9.26 Å². The molecule has 0 saturated carbocycles. The normalized spacial score (nSPS) is 11.7. The van der Waals surface area contributed by atoms with Crippen LogP contribution in [0.4, 0.5) is 0 Å². The van der Waals surface area contributed by atoms with Crippen molar-refractivity contribution in [3.8, 4) is 17.1 Å². The Morgan fingerprint density at radius 1 is 1.20 bits per heavy atom. The Morgan fingerprint density at radius 2 is 1.85 bits per heavy atom. The van der Waals surface area contributed by atoms with Crippen molar-refractivity contribution in [2.75, 3.05) is 7.11 Å². The molecule has 2 rings (SSSR count). The van der Waals surface area contributed by atoms with E-state index >= 15 is 0 Å². The van der Waals surface area contributed by atoms with Crippen LogP contribution >= 0.6 is 0 Å². The van der Waals surface area contributed by atoms with Crippen molar-refractivity contribution in [1.29, 1.82) is 0 Å². The topological polar surface area (TPSA) is 47.3 Å². The van der Waals surface area contributed by atoms with Crippen molar-refractivity contribution in [3.63, 3.8) is 0 Å². The van der Waals surface area contributed by atoms with E-state index in [2.05, 4.69) is 31.2 Å². The van der Waals surface area contributed by atoms with E-state index in [-0.39, 0.29) is 5.54 Å². The lowest BCUT2D eigenvalue weighted by atomic mass is 10.1. The van der Waals surface area contributed by atoms with Gasteiger partial charge in [0.15, 0.2) is 5.76 Å². The van der Waals surface area contributed by atoms with Crippen LogP contribution in [0, 0.1) is 6.92 Å². The van der Waals surface area contributed by atoms with Crippen LogP contribution in [0.5, 0.6) is 5.75 Å². The van der Waals surface area contributed by atoms with E-state index in [1.807, 2.05) is 31.2 Å². The van der Waals surface area contributed by atoms with Crippen LogP contribution < -0.4 is 10.1 Å². The lowest BCUT2D eigenvalue weighted by Gasteiger charge is -2.19. The molecule has 0 fully saturated rings. The maximum atomic E-state index is 5.49. The molecule has 2 aromatic rings. The van der Waals surface area contributed by atoms with Gasteiger partial charge in [0.25, 0.3) is 0 Å². The zero-order chi connectivity index (χ0) is 14.8. The molecular formula is C16H22N2O2. The first-order valence-corrected chi connectivity index (χ1v) is 6.75. The van der Waals surface area contributed by atoms with Gasteiger partial charge in [0, 0.05) is 23.2 Å². The molecule has 1 aromatic carbocycles. The van der Waals surface area contributed by atoms with Crippen LogP contribution in [0.2, 0.25) is 0 Å². The highest BCUT2D eigenvalue weighted by atomic mass is 16.5. The molecule has 0 aliphatic rings. The minimum absolute atomic E-state index is 0.0612. The van der Waals surface area contributed by atoms with Gasteiger partial charge in [-0.05, 0) is 52.0 Å². The summed E-state index contributed by atoms with van der Waals surface area (Å²) < 4.78 is 10.6. The lowest BCUT2D eigenvalue weighted by molar-refractivity contribution is 0.392. The van der Waals surface area contributed by atoms with Crippen molar-refractivity contribution >= 4 is 0 Å². The smallest absolute Gasteiger partial charge is 0.170 e. The van der Waals surface area contributed by atoms with Crippen LogP contribution in [-0.2, 0) is 6.54 Å². The number of nitrogens with zero attached hydrogens (tertiary/aromatic N) is 1. The fourth-order valence-electron chi connectivity index (χ4n) is 1.89. The molecule has 108 valence electrons. The standard InChI is InChI=1S/C16H22N2O2/c1-11-14(10-17-16(2,3)4)18-20-15(11)12-6-8-13(19-5)9-7-12/h6-9,17H,10H2,1-5H3. The minimum Gasteiger partial charge on any atom is -0.497 e. The molecule has 4 nitrogen and oxygen atoms in total. The van der Waals surface area contributed by atoms with Gasteiger partial charge in [-0.25, -0.2) is 0 Å². The summed E-state index contributed by atoms with van der Waals surface area (Å²) >= 11 is 0. The van der Waals surface area contributed by atoms with Crippen molar-refractivity contribution in [2.24, 2.45) is 0 Å². The van der Waals surface area contributed by atoms with Crippen LogP contribution in [-0.4, -0.2) is 17.8 Å². The SMILES string of the molecule is COc1ccc(-c2onc(CNC(C)(C)C)c2C)cc1. The number of benzene rings is 1. The quantitative estimate of drug-likeness (QED) is 0.926. The Bertz CT molecular complexity index is 565. The van der Waals surface area contributed by atoms with Gasteiger partial charge in [0.1, 0.15) is 11.4 Å². The summed E-state index contributed by atoms with van der Waals surface area (Å²) in [6, 6.07) is 7.80. The van der Waals surface area contributed by atoms with E-state index in [9.17, 15) is 0 Å². The molecular weight excluding hydrogens is 252 g/mol. The van der Waals surface area contributed by atoms with Crippen molar-refractivity contribution in [3.05, 3.63) is 35.5 Å². The van der Waals surface area contributed by atoms with Gasteiger partial charge >= 0.3 is 0 Å². The Labute approximate surface area is 120 Å². The van der Waals surface area contributed by atoms with Crippen LogP contribution in [0.25, 0.3) is 11.3 Å². The van der Waals surface area contributed by atoms with Crippen molar-refractivity contribution in [2.45, 2.75) is 39.8 Å². The fourth-order valence-corrected chi connectivity index (χ4v) is 1.89. The average molecular weight is 274 g/mol. The van der Waals surface area contributed by atoms with Crippen molar-refractivity contribution in [1.82, 2.24) is 10.5 Å². The molecule has 0 aliphatic carbocycles. The Hall–Kier alpha value is -1.81. The first kappa shape index (κ1) is 14.6. The second kappa shape index (κ2) is 5.67. The number of aromatic nitrogens is 1. The predicted octanol–water partition coefficient (Wildman–Crippen LogP) is 3.55. The van der Waals surface area contributed by atoms with Gasteiger partial charge in [-0.2, -0.15) is 0 Å². The number of hydrogen-bond donors (Lipinski definition) is 1. The number of methoxy groups -OCH3 is 1. The average Bonchev–Trinajstić information content (AvgIpc) is 2.77. The van der Waals surface area contributed by atoms with E-state index in [1.165, 1.54) is 0 Å². The number of ether oxygens (including phenoxy) is 1. The Morgan fingerprint density at radius 3 is 2.40 bits per heavy atom. The molecule has 0 spiro atoms. The third-order valence-corrected chi connectivity index (χ3v) is 3.16. The Kier molecular flexibility index (Phi) is 4.14. The van der Waals surface area contributed by atoms with Gasteiger partial charge in [0.05, 0.1) is 7.11 Å². The third kappa shape index (κ3) is 3.39. The molecule has 0 radical (unpaired) electrons. The monoisotopic (exact) mass is 274 g/mol. The first-order valence-electron chi connectivity index (χ1n) is 6.75. The zero-order valence-electron chi connectivity index (χ0n) is 12.8. The van der Waals surface area contributed by atoms with E-state index < -0.39 is 0 Å². The molecule has 0 saturated heterocycles. The molecule has 1 N–H and O–H groups in total. The summed E-state index contributed by atoms with van der Waals surface area (Å²) in [7, 11) is 1.66. The minimum atomic E-state index is 0.0612. The zero-order valence-corrected chi connectivity index (χ0v) is 12.8. The van der Waals surface area contributed by atoms with Crippen LogP contribution in [0.1, 0.15) is 32.0 Å². The summed E-state index contributed by atoms with van der Waals surface area (Å²) in [5, 5.41) is 7.59. The molecule has 0 aliphatic heterocycles. The maximum Gasteiger partial charge on any atom is 0.170 e. The Balaban J connectivity index is 2.19. The number of nitrogens with one attached hydrogen (secondary N) is 1. The highest BCUT2D eigenvalue weighted by Gasteiger charge is 2.16. The third-order valence-electron chi connectivity index (χ3n) is 3.16. The summed E-state index contributed by atoms with van der Waals surface area (Å²) in [6.07, 6.45) is 0. The summed E-state index contributed by atoms with van der Waals surface area (Å²) in [5.41, 5.74) is 3.10. The predicted molar refractivity (Wildman–Crippen MR) is 79.8 cm³/mol. The summed E-state index contributed by atoms with van der Waals surface area (Å²) in [4.78, 5) is 0. The van der Waals surface area contributed by atoms with Gasteiger partial charge < -0.3 is 14.6 Å². The molecule has 1 heterocycles. The van der Waals surface area contributed by atoms with Crippen LogP contribution in [0.15, 0.2) is 28.8 Å². The van der Waals surface area contributed by atoms with E-state index in [0.29, 0.717) is 6.54 Å². The molecule has 20 heavy (non-hydrogen) atoms. The molecule has 0 atom stereocenters. The first-order chi connectivity index (χ1) is 9.40. The second-order valence-electron chi connectivity index (χ2n) is 5.92. The maximum absolute atomic E-state index is 5.49. The molecule has 0 amide bonds. The summed E-state index contributed by atoms with van der Waals surface area (Å²) in [6.45, 7) is 9.14. The van der Waals surface area contributed by atoms with Gasteiger partial charge in [-0.15, -0.1) is 0 Å². The van der Waals surface area contributed by atoms with Gasteiger partial charge in [-0.3, -0.25) is 0 Å². The largest absolute Gasteiger partial charge is 0.497 e. The van der Waals surface area contributed by atoms with Gasteiger partial charge in [-0.1, -0.05) is 5.16 Å². The van der Waals surface area contributed by atoms with Crippen LogP contribution in [0.3, 0.4) is 0 Å². The summed E-state index contributed by atoms with van der Waals surface area (Å²) in [5.74, 6) is 1.65. The molecule has 4 heteroatoms. The molecule has 0 bridgehead atoms. The second-order valence-corrected chi connectivity index (χ2v) is 5.92. The lowest BCUT2D eigenvalue weighted by Crippen LogP contribution is -2.35. The molecule has 0 unspecified atom stereocenters. The molecule has 1 aromatic heterocycles. The number of rotatable bonds is 4. The van der Waals surface area contributed by atoms with Gasteiger partial charge in [0.2, 0.25) is 0 Å².